The van der Waals surface area contributed by atoms with E-state index in [-0.39, 0.29) is 31.8 Å². The highest BCUT2D eigenvalue weighted by molar-refractivity contribution is 6.30. The Morgan fingerprint density at radius 2 is 1.57 bits per heavy atom. The quantitative estimate of drug-likeness (QED) is 0.405. The highest BCUT2D eigenvalue weighted by Crippen LogP contribution is 2.26. The van der Waals surface area contributed by atoms with E-state index in [1.807, 2.05) is 40.2 Å². The third-order valence-electron chi connectivity index (χ3n) is 6.34. The highest BCUT2D eigenvalue weighted by atomic mass is 35.5. The van der Waals surface area contributed by atoms with Crippen molar-refractivity contribution in [3.63, 3.8) is 0 Å². The van der Waals surface area contributed by atoms with Crippen molar-refractivity contribution >= 4 is 29.1 Å². The molecule has 190 valence electrons. The van der Waals surface area contributed by atoms with Gasteiger partial charge in [-0.25, -0.2) is 4.98 Å². The number of aromatic nitrogens is 3. The van der Waals surface area contributed by atoms with Crippen LogP contribution >= 0.6 is 11.6 Å². The minimum absolute atomic E-state index is 0.213. The van der Waals surface area contributed by atoms with Gasteiger partial charge in [-0.05, 0) is 37.1 Å². The topological polar surface area (TPSA) is 79.6 Å². The molecule has 37 heavy (non-hydrogen) atoms. The van der Waals surface area contributed by atoms with Gasteiger partial charge >= 0.3 is 12.1 Å². The Kier molecular flexibility index (Phi) is 6.59. The molecule has 0 spiro atoms. The summed E-state index contributed by atoms with van der Waals surface area (Å²) in [5.41, 5.74) is 4.50. The first-order chi connectivity index (χ1) is 17.7. The molecular weight excluding hydrogens is 507 g/mol. The average molecular weight is 528 g/mol. The maximum absolute atomic E-state index is 12.9. The summed E-state index contributed by atoms with van der Waals surface area (Å²) in [6.45, 7) is 0.519. The van der Waals surface area contributed by atoms with Crippen molar-refractivity contribution < 1.29 is 22.8 Å². The molecule has 5 rings (SSSR count). The van der Waals surface area contributed by atoms with E-state index in [4.69, 9.17) is 11.6 Å². The lowest BCUT2D eigenvalue weighted by Gasteiger charge is -2.32. The Balaban J connectivity index is 1.28. The van der Waals surface area contributed by atoms with Crippen LogP contribution in [-0.2, 0) is 4.79 Å². The maximum Gasteiger partial charge on any atom is 0.471 e. The number of likely N-dealkylation sites (tertiary alicyclic amines) is 1. The molecule has 1 fully saturated rings. The molecule has 0 unspecified atom stereocenters. The van der Waals surface area contributed by atoms with Crippen LogP contribution in [0.15, 0.2) is 67.1 Å². The Morgan fingerprint density at radius 3 is 2.22 bits per heavy atom. The Hall–Kier alpha value is -3.92. The van der Waals surface area contributed by atoms with Gasteiger partial charge in [-0.15, -0.1) is 0 Å². The number of halogens is 4. The van der Waals surface area contributed by atoms with Crippen molar-refractivity contribution in [1.82, 2.24) is 24.6 Å². The fraction of sp³-hybridized carbons (Fsp3) is 0.231. The van der Waals surface area contributed by atoms with Crippen molar-refractivity contribution in [2.45, 2.75) is 25.1 Å². The van der Waals surface area contributed by atoms with Gasteiger partial charge in [0.15, 0.2) is 5.65 Å². The number of carbonyl (C=O) groups is 2. The van der Waals surface area contributed by atoms with E-state index in [1.165, 1.54) is 0 Å². The van der Waals surface area contributed by atoms with Gasteiger partial charge in [-0.3, -0.25) is 19.0 Å². The predicted molar refractivity (Wildman–Crippen MR) is 132 cm³/mol. The van der Waals surface area contributed by atoms with E-state index in [2.05, 4.69) is 9.97 Å². The first-order valence-corrected chi connectivity index (χ1v) is 11.9. The molecule has 1 N–H and O–H groups in total. The zero-order valence-electron chi connectivity index (χ0n) is 19.4. The van der Waals surface area contributed by atoms with Gasteiger partial charge in [0.1, 0.15) is 0 Å². The van der Waals surface area contributed by atoms with E-state index in [1.54, 1.807) is 41.6 Å². The van der Waals surface area contributed by atoms with Crippen molar-refractivity contribution in [2.75, 3.05) is 13.1 Å². The van der Waals surface area contributed by atoms with E-state index in [0.29, 0.717) is 21.9 Å². The number of alkyl halides is 3. The summed E-state index contributed by atoms with van der Waals surface area (Å²) in [6.07, 6.45) is 0.929. The standard InChI is InChI=1S/C26H21ClF3N5O2/c27-19-7-5-17(6-8-19)22-13-32-23-14-31-21(15-35(22)23)16-1-3-18(4-2-16)24(36)34-11-9-20(10-12-34)33-25(37)26(28,29)30/h1-8,13-15,20H,9-12H2,(H,33,37). The molecular formula is C26H21ClF3N5O2. The molecule has 11 heteroatoms. The number of piperidine rings is 1. The van der Waals surface area contributed by atoms with Gasteiger partial charge < -0.3 is 10.2 Å². The second kappa shape index (κ2) is 9.85. The van der Waals surface area contributed by atoms with E-state index >= 15 is 0 Å². The Bertz CT molecular complexity index is 1440. The first-order valence-electron chi connectivity index (χ1n) is 11.6. The van der Waals surface area contributed by atoms with Crippen LogP contribution in [0.2, 0.25) is 5.02 Å². The molecule has 7 nitrogen and oxygen atoms in total. The van der Waals surface area contributed by atoms with E-state index in [0.717, 1.165) is 16.8 Å². The fourth-order valence-corrected chi connectivity index (χ4v) is 4.46. The highest BCUT2D eigenvalue weighted by Gasteiger charge is 2.40. The van der Waals surface area contributed by atoms with Gasteiger partial charge in [0, 0.05) is 47.0 Å². The van der Waals surface area contributed by atoms with Crippen LogP contribution in [0.5, 0.6) is 0 Å². The lowest BCUT2D eigenvalue weighted by Crippen LogP contribution is -2.49. The van der Waals surface area contributed by atoms with Gasteiger partial charge in [-0.2, -0.15) is 13.2 Å². The number of nitrogens with one attached hydrogen (secondary N) is 1. The Morgan fingerprint density at radius 1 is 0.919 bits per heavy atom. The summed E-state index contributed by atoms with van der Waals surface area (Å²) in [7, 11) is 0. The smallest absolute Gasteiger partial charge is 0.345 e. The normalized spacial score (nSPS) is 14.6. The van der Waals surface area contributed by atoms with E-state index in [9.17, 15) is 22.8 Å². The molecule has 2 amide bonds. The van der Waals surface area contributed by atoms with Crippen LogP contribution in [-0.4, -0.2) is 56.4 Å². The fourth-order valence-electron chi connectivity index (χ4n) is 4.33. The lowest BCUT2D eigenvalue weighted by molar-refractivity contribution is -0.174. The van der Waals surface area contributed by atoms with Crippen LogP contribution in [0.25, 0.3) is 28.2 Å². The minimum Gasteiger partial charge on any atom is -0.345 e. The molecule has 1 saturated heterocycles. The molecule has 3 heterocycles. The minimum atomic E-state index is -4.91. The average Bonchev–Trinajstić information content (AvgIpc) is 3.32. The van der Waals surface area contributed by atoms with Crippen molar-refractivity contribution in [3.8, 4) is 22.5 Å². The number of carbonyl (C=O) groups excluding carboxylic acids is 2. The second-order valence-corrected chi connectivity index (χ2v) is 9.20. The molecule has 1 aliphatic heterocycles. The summed E-state index contributed by atoms with van der Waals surface area (Å²) in [4.78, 5) is 34.6. The van der Waals surface area contributed by atoms with Crippen molar-refractivity contribution in [3.05, 3.63) is 77.7 Å². The molecule has 2 aromatic heterocycles. The van der Waals surface area contributed by atoms with Crippen LogP contribution in [0.1, 0.15) is 23.2 Å². The lowest BCUT2D eigenvalue weighted by atomic mass is 10.0. The summed E-state index contributed by atoms with van der Waals surface area (Å²) in [5.74, 6) is -2.16. The third kappa shape index (κ3) is 5.29. The number of rotatable bonds is 4. The molecule has 4 aromatic rings. The monoisotopic (exact) mass is 527 g/mol. The van der Waals surface area contributed by atoms with E-state index < -0.39 is 18.1 Å². The van der Waals surface area contributed by atoms with Crippen LogP contribution in [0.4, 0.5) is 13.2 Å². The Labute approximate surface area is 214 Å². The zero-order valence-corrected chi connectivity index (χ0v) is 20.1. The zero-order chi connectivity index (χ0) is 26.2. The molecule has 2 aromatic carbocycles. The molecule has 0 atom stereocenters. The third-order valence-corrected chi connectivity index (χ3v) is 6.59. The summed E-state index contributed by atoms with van der Waals surface area (Å²) in [6, 6.07) is 13.9. The van der Waals surface area contributed by atoms with Gasteiger partial charge in [0.05, 0.1) is 23.8 Å². The number of hydrogen-bond acceptors (Lipinski definition) is 4. The van der Waals surface area contributed by atoms with Gasteiger partial charge in [0.2, 0.25) is 0 Å². The number of fused-ring (bicyclic) bond motifs is 1. The summed E-state index contributed by atoms with van der Waals surface area (Å²) >= 11 is 6.01. The van der Waals surface area contributed by atoms with Crippen LogP contribution < -0.4 is 5.32 Å². The van der Waals surface area contributed by atoms with Gasteiger partial charge in [-0.1, -0.05) is 35.9 Å². The molecule has 0 saturated carbocycles. The number of hydrogen-bond donors (Lipinski definition) is 1. The molecule has 0 aliphatic carbocycles. The number of benzene rings is 2. The number of nitrogens with zero attached hydrogens (tertiary/aromatic N) is 4. The van der Waals surface area contributed by atoms with Crippen molar-refractivity contribution in [2.24, 2.45) is 0 Å². The molecule has 0 radical (unpaired) electrons. The number of amides is 2. The predicted octanol–water partition coefficient (Wildman–Crippen LogP) is 5.00. The second-order valence-electron chi connectivity index (χ2n) is 8.77. The maximum atomic E-state index is 12.9. The summed E-state index contributed by atoms with van der Waals surface area (Å²) < 4.78 is 39.3. The largest absolute Gasteiger partial charge is 0.471 e. The van der Waals surface area contributed by atoms with Crippen LogP contribution in [0.3, 0.4) is 0 Å². The summed E-state index contributed by atoms with van der Waals surface area (Å²) in [5, 5.41) is 2.64. The SMILES string of the molecule is O=C(c1ccc(-c2cn3c(-c4ccc(Cl)cc4)cnc3cn2)cc1)N1CCC(NC(=O)C(F)(F)F)CC1. The van der Waals surface area contributed by atoms with Gasteiger partial charge in [0.25, 0.3) is 5.91 Å². The first kappa shape index (κ1) is 24.8. The van der Waals surface area contributed by atoms with Crippen molar-refractivity contribution in [1.29, 1.82) is 0 Å². The molecule has 1 aliphatic rings. The van der Waals surface area contributed by atoms with Crippen LogP contribution in [0, 0.1) is 0 Å². The number of imidazole rings is 1. The molecule has 0 bridgehead atoms.